The van der Waals surface area contributed by atoms with E-state index in [2.05, 4.69) is 26.2 Å². The molecule has 0 bridgehead atoms. The summed E-state index contributed by atoms with van der Waals surface area (Å²) in [5.74, 6) is 0.891. The van der Waals surface area contributed by atoms with Gasteiger partial charge >= 0.3 is 5.97 Å². The van der Waals surface area contributed by atoms with Crippen LogP contribution in [-0.4, -0.2) is 25.3 Å². The molecule has 1 unspecified atom stereocenters. The van der Waals surface area contributed by atoms with Gasteiger partial charge in [-0.05, 0) is 42.9 Å². The van der Waals surface area contributed by atoms with Crippen LogP contribution in [0, 0.1) is 5.92 Å². The van der Waals surface area contributed by atoms with E-state index >= 15 is 0 Å². The zero-order valence-electron chi connectivity index (χ0n) is 15.8. The second kappa shape index (κ2) is 11.0. The molecule has 1 aromatic rings. The van der Waals surface area contributed by atoms with Crippen molar-refractivity contribution in [2.45, 2.75) is 26.2 Å². The van der Waals surface area contributed by atoms with Crippen LogP contribution in [-0.2, 0) is 4.79 Å². The molecule has 1 aliphatic rings. The third kappa shape index (κ3) is 5.96. The average Bonchev–Trinajstić information content (AvgIpc) is 2.67. The number of carboxylic acid groups (broad SMARTS) is 1. The van der Waals surface area contributed by atoms with Crippen molar-refractivity contribution in [2.24, 2.45) is 5.92 Å². The van der Waals surface area contributed by atoms with Crippen LogP contribution >= 0.6 is 0 Å². The van der Waals surface area contributed by atoms with Gasteiger partial charge < -0.3 is 14.6 Å². The van der Waals surface area contributed by atoms with Gasteiger partial charge in [0.05, 0.1) is 19.8 Å². The van der Waals surface area contributed by atoms with E-state index in [4.69, 9.17) is 9.47 Å². The van der Waals surface area contributed by atoms with Gasteiger partial charge in [-0.3, -0.25) is 0 Å². The van der Waals surface area contributed by atoms with Gasteiger partial charge in [0.15, 0.2) is 0 Å². The molecule has 1 atom stereocenters. The van der Waals surface area contributed by atoms with Crippen LogP contribution in [0.15, 0.2) is 61.2 Å². The molecule has 2 rings (SSSR count). The van der Waals surface area contributed by atoms with E-state index in [1.165, 1.54) is 0 Å². The van der Waals surface area contributed by atoms with E-state index in [9.17, 15) is 9.90 Å². The molecule has 4 nitrogen and oxygen atoms in total. The number of allylic oxidation sites excluding steroid dienone is 4. The van der Waals surface area contributed by atoms with Gasteiger partial charge in [-0.2, -0.15) is 0 Å². The van der Waals surface area contributed by atoms with Crippen molar-refractivity contribution in [2.75, 3.05) is 14.2 Å². The van der Waals surface area contributed by atoms with E-state index in [1.807, 2.05) is 24.3 Å². The highest BCUT2D eigenvalue weighted by Crippen LogP contribution is 2.33. The molecule has 26 heavy (non-hydrogen) atoms. The molecule has 0 aromatic heterocycles. The maximum Gasteiger partial charge on any atom is 0.335 e. The summed E-state index contributed by atoms with van der Waals surface area (Å²) >= 11 is 0. The maximum absolute atomic E-state index is 11.4. The van der Waals surface area contributed by atoms with Crippen molar-refractivity contribution in [3.63, 3.8) is 0 Å². The molecule has 0 saturated carbocycles. The second-order valence-electron chi connectivity index (χ2n) is 5.88. The van der Waals surface area contributed by atoms with E-state index in [-0.39, 0.29) is 0 Å². The third-order valence-electron chi connectivity index (χ3n) is 4.16. The Morgan fingerprint density at radius 3 is 2.54 bits per heavy atom. The Hall–Kier alpha value is -2.75. The van der Waals surface area contributed by atoms with Crippen molar-refractivity contribution < 1.29 is 19.4 Å². The molecule has 140 valence electrons. The first-order valence-corrected chi connectivity index (χ1v) is 8.58. The predicted octanol–water partition coefficient (Wildman–Crippen LogP) is 5.28. The molecule has 0 aliphatic heterocycles. The van der Waals surface area contributed by atoms with Crippen LogP contribution < -0.4 is 9.47 Å². The van der Waals surface area contributed by atoms with Crippen molar-refractivity contribution in [3.05, 3.63) is 66.8 Å². The molecule has 1 N–H and O–H groups in total. The van der Waals surface area contributed by atoms with Crippen molar-refractivity contribution in [3.8, 4) is 11.5 Å². The molecular formula is C22H28O4. The monoisotopic (exact) mass is 356 g/mol. The minimum absolute atomic E-state index is 0.321. The number of hydrogen-bond donors (Lipinski definition) is 1. The van der Waals surface area contributed by atoms with E-state index in [0.717, 1.165) is 35.5 Å². The molecule has 0 heterocycles. The highest BCUT2D eigenvalue weighted by atomic mass is 16.5. The number of rotatable bonds is 4. The fourth-order valence-electron chi connectivity index (χ4n) is 2.70. The highest BCUT2D eigenvalue weighted by Gasteiger charge is 2.12. The number of aliphatic carboxylic acids is 1. The summed E-state index contributed by atoms with van der Waals surface area (Å²) in [5, 5.41) is 9.35. The van der Waals surface area contributed by atoms with Gasteiger partial charge in [0, 0.05) is 11.6 Å². The molecule has 4 heteroatoms. The fourth-order valence-corrected chi connectivity index (χ4v) is 2.70. The van der Waals surface area contributed by atoms with Gasteiger partial charge in [0.25, 0.3) is 0 Å². The van der Waals surface area contributed by atoms with Crippen LogP contribution in [0.4, 0.5) is 0 Å². The van der Waals surface area contributed by atoms with Crippen LogP contribution in [0.3, 0.4) is 0 Å². The van der Waals surface area contributed by atoms with E-state index < -0.39 is 5.97 Å². The lowest BCUT2D eigenvalue weighted by molar-refractivity contribution is -0.132. The summed E-state index contributed by atoms with van der Waals surface area (Å²) in [6.07, 6.45) is 10.1. The Balaban J connectivity index is 0.00000163. The SMILES string of the molecule is C=C.COc1ccc(/C2=C/CCC(C)/C=C\C(C(=O)O)=C/C2)c(OC)c1. The summed E-state index contributed by atoms with van der Waals surface area (Å²) in [6.45, 7) is 8.10. The van der Waals surface area contributed by atoms with Crippen LogP contribution in [0.5, 0.6) is 11.5 Å². The minimum atomic E-state index is -0.903. The summed E-state index contributed by atoms with van der Waals surface area (Å²) in [5.41, 5.74) is 2.36. The van der Waals surface area contributed by atoms with Crippen molar-refractivity contribution in [1.82, 2.24) is 0 Å². The summed E-state index contributed by atoms with van der Waals surface area (Å²) in [7, 11) is 3.25. The lowest BCUT2D eigenvalue weighted by Gasteiger charge is -2.14. The summed E-state index contributed by atoms with van der Waals surface area (Å²) < 4.78 is 10.7. The highest BCUT2D eigenvalue weighted by molar-refractivity contribution is 5.90. The Morgan fingerprint density at radius 1 is 1.19 bits per heavy atom. The first-order chi connectivity index (χ1) is 12.5. The van der Waals surface area contributed by atoms with E-state index in [1.54, 1.807) is 26.4 Å². The topological polar surface area (TPSA) is 55.8 Å². The van der Waals surface area contributed by atoms with E-state index in [0.29, 0.717) is 17.9 Å². The number of ether oxygens (including phenoxy) is 2. The number of hydrogen-bond acceptors (Lipinski definition) is 3. The summed E-state index contributed by atoms with van der Waals surface area (Å²) in [6, 6.07) is 5.70. The zero-order valence-corrected chi connectivity index (χ0v) is 15.8. The Labute approximate surface area is 156 Å². The van der Waals surface area contributed by atoms with Gasteiger partial charge in [-0.1, -0.05) is 31.2 Å². The number of methoxy groups -OCH3 is 2. The zero-order chi connectivity index (χ0) is 19.5. The molecule has 0 radical (unpaired) electrons. The van der Waals surface area contributed by atoms with Gasteiger partial charge in [0.1, 0.15) is 11.5 Å². The summed E-state index contributed by atoms with van der Waals surface area (Å²) in [4.78, 5) is 11.4. The lowest BCUT2D eigenvalue weighted by atomic mass is 9.95. The normalized spacial score (nSPS) is 22.3. The largest absolute Gasteiger partial charge is 0.497 e. The maximum atomic E-state index is 11.4. The minimum Gasteiger partial charge on any atom is -0.497 e. The van der Waals surface area contributed by atoms with Crippen molar-refractivity contribution in [1.29, 1.82) is 0 Å². The molecule has 0 fully saturated rings. The van der Waals surface area contributed by atoms with Gasteiger partial charge in [-0.15, -0.1) is 13.2 Å². The number of carbonyl (C=O) groups is 1. The molecule has 0 amide bonds. The molecule has 0 saturated heterocycles. The van der Waals surface area contributed by atoms with Crippen LogP contribution in [0.1, 0.15) is 31.7 Å². The first kappa shape index (κ1) is 21.3. The van der Waals surface area contributed by atoms with Crippen LogP contribution in [0.2, 0.25) is 0 Å². The quantitative estimate of drug-likeness (QED) is 0.746. The first-order valence-electron chi connectivity index (χ1n) is 8.58. The van der Waals surface area contributed by atoms with Gasteiger partial charge in [-0.25, -0.2) is 4.79 Å². The fraction of sp³-hybridized carbons (Fsp3) is 0.318. The second-order valence-corrected chi connectivity index (χ2v) is 5.88. The molecular weight excluding hydrogens is 328 g/mol. The van der Waals surface area contributed by atoms with Crippen molar-refractivity contribution >= 4 is 11.5 Å². The Morgan fingerprint density at radius 2 is 1.92 bits per heavy atom. The van der Waals surface area contributed by atoms with Crippen LogP contribution in [0.25, 0.3) is 5.57 Å². The molecule has 1 aliphatic carbocycles. The molecule has 1 aromatic carbocycles. The smallest absolute Gasteiger partial charge is 0.335 e. The Bertz CT molecular complexity index is 698. The average molecular weight is 356 g/mol. The third-order valence-corrected chi connectivity index (χ3v) is 4.16. The lowest BCUT2D eigenvalue weighted by Crippen LogP contribution is -2.01. The van der Waals surface area contributed by atoms with Gasteiger partial charge in [0.2, 0.25) is 0 Å². The number of benzene rings is 1. The molecule has 0 spiro atoms. The number of carboxylic acids is 1. The predicted molar refractivity (Wildman–Crippen MR) is 107 cm³/mol. The Kier molecular flexibility index (Phi) is 8.99. The standard InChI is InChI=1S/C20H24O4.C2H4/c1-14-5-4-6-15(9-10-16(8-7-14)20(21)22)18-12-11-17(23-2)13-19(18)24-3;1-2/h6-8,10-14H,4-5,9H2,1-3H3,(H,21,22);1-2H2/b8-7-,15-6+,16-10+;.